The number of ether oxygens (including phenoxy) is 1. The van der Waals surface area contributed by atoms with E-state index in [4.69, 9.17) is 9.15 Å². The normalized spacial score (nSPS) is 11.7. The molecule has 0 bridgehead atoms. The van der Waals surface area contributed by atoms with E-state index in [1.165, 1.54) is 13.3 Å². The molecule has 0 aromatic carbocycles. The Labute approximate surface area is 166 Å². The average Bonchev–Trinajstić information content (AvgIpc) is 3.15. The second kappa shape index (κ2) is 12.5. The standard InChI is InChI=1S/C23H34O3Si/c1-6-10-11-12-13-14-15-16-17-22(26-20(5)24)21-18-23(25-19-21)27(7-2,8-3)9-4/h18-19,22H,6-11,14-15H2,1-5H3. The van der Waals surface area contributed by atoms with Gasteiger partial charge in [-0.05, 0) is 12.5 Å². The van der Waals surface area contributed by atoms with Gasteiger partial charge in [-0.15, -0.1) is 11.8 Å². The van der Waals surface area contributed by atoms with Gasteiger partial charge in [0.25, 0.3) is 0 Å². The van der Waals surface area contributed by atoms with Gasteiger partial charge >= 0.3 is 5.97 Å². The van der Waals surface area contributed by atoms with E-state index in [1.807, 2.05) is 0 Å². The zero-order valence-corrected chi connectivity index (χ0v) is 18.6. The fourth-order valence-electron chi connectivity index (χ4n) is 3.12. The fraction of sp³-hybridized carbons (Fsp3) is 0.609. The highest BCUT2D eigenvalue weighted by Crippen LogP contribution is 2.24. The minimum atomic E-state index is -1.59. The van der Waals surface area contributed by atoms with Gasteiger partial charge in [0, 0.05) is 31.7 Å². The molecule has 1 heterocycles. The zero-order chi connectivity index (χ0) is 20.1. The zero-order valence-electron chi connectivity index (χ0n) is 17.6. The molecule has 4 heteroatoms. The highest BCUT2D eigenvalue weighted by Gasteiger charge is 2.33. The van der Waals surface area contributed by atoms with Crippen LogP contribution in [0.25, 0.3) is 0 Å². The molecule has 0 N–H and O–H groups in total. The van der Waals surface area contributed by atoms with E-state index in [0.717, 1.165) is 48.3 Å². The minimum Gasteiger partial charge on any atom is -0.474 e. The van der Waals surface area contributed by atoms with Crippen molar-refractivity contribution in [2.75, 3.05) is 0 Å². The second-order valence-corrected chi connectivity index (χ2v) is 12.0. The first-order chi connectivity index (χ1) is 13.0. The van der Waals surface area contributed by atoms with E-state index in [0.29, 0.717) is 6.42 Å². The van der Waals surface area contributed by atoms with Crippen molar-refractivity contribution < 1.29 is 13.9 Å². The minimum absolute atomic E-state index is 0.332. The van der Waals surface area contributed by atoms with Crippen LogP contribution >= 0.6 is 0 Å². The molecule has 0 saturated heterocycles. The van der Waals surface area contributed by atoms with Crippen LogP contribution in [0.4, 0.5) is 0 Å². The average molecular weight is 387 g/mol. The Bertz CT molecular complexity index is 684. The number of hydrogen-bond donors (Lipinski definition) is 0. The van der Waals surface area contributed by atoms with Crippen LogP contribution in [-0.2, 0) is 9.53 Å². The summed E-state index contributed by atoms with van der Waals surface area (Å²) in [6.07, 6.45) is 5.85. The first kappa shape index (κ1) is 23.1. The summed E-state index contributed by atoms with van der Waals surface area (Å²) in [5, 5.41) is 1.09. The monoisotopic (exact) mass is 386 g/mol. The van der Waals surface area contributed by atoms with Crippen molar-refractivity contribution >= 4 is 19.4 Å². The molecule has 0 aliphatic heterocycles. The highest BCUT2D eigenvalue weighted by atomic mass is 28.3. The summed E-state index contributed by atoms with van der Waals surface area (Å²) in [6.45, 7) is 10.3. The van der Waals surface area contributed by atoms with Crippen molar-refractivity contribution in [3.8, 4) is 23.7 Å². The second-order valence-electron chi connectivity index (χ2n) is 6.85. The van der Waals surface area contributed by atoms with Gasteiger partial charge in [-0.25, -0.2) is 0 Å². The molecule has 1 aromatic rings. The number of unbranched alkanes of at least 4 members (excludes halogenated alkanes) is 3. The van der Waals surface area contributed by atoms with Gasteiger partial charge in [-0.3, -0.25) is 4.79 Å². The Hall–Kier alpha value is -1.91. The van der Waals surface area contributed by atoms with E-state index >= 15 is 0 Å². The summed E-state index contributed by atoms with van der Waals surface area (Å²) < 4.78 is 11.4. The first-order valence-corrected chi connectivity index (χ1v) is 12.8. The summed E-state index contributed by atoms with van der Waals surface area (Å²) in [5.74, 6) is 12.2. The molecule has 0 spiro atoms. The lowest BCUT2D eigenvalue weighted by atomic mass is 10.2. The van der Waals surface area contributed by atoms with Crippen LogP contribution < -0.4 is 5.38 Å². The summed E-state index contributed by atoms with van der Waals surface area (Å²) in [4.78, 5) is 11.5. The van der Waals surface area contributed by atoms with Crippen LogP contribution in [0.2, 0.25) is 18.1 Å². The third-order valence-corrected chi connectivity index (χ3v) is 10.5. The maximum Gasteiger partial charge on any atom is 0.304 e. The van der Waals surface area contributed by atoms with Gasteiger partial charge in [-0.2, -0.15) is 0 Å². The smallest absolute Gasteiger partial charge is 0.304 e. The van der Waals surface area contributed by atoms with Crippen LogP contribution in [0, 0.1) is 23.7 Å². The Kier molecular flexibility index (Phi) is 10.7. The Morgan fingerprint density at radius 2 is 1.70 bits per heavy atom. The molecule has 0 saturated carbocycles. The van der Waals surface area contributed by atoms with Gasteiger partial charge in [0.2, 0.25) is 0 Å². The molecule has 1 rings (SSSR count). The molecule has 1 atom stereocenters. The lowest BCUT2D eigenvalue weighted by Crippen LogP contribution is -2.44. The van der Waals surface area contributed by atoms with E-state index in [-0.39, 0.29) is 5.97 Å². The van der Waals surface area contributed by atoms with Crippen molar-refractivity contribution in [2.45, 2.75) is 91.0 Å². The van der Waals surface area contributed by atoms with Crippen LogP contribution in [-0.4, -0.2) is 14.0 Å². The molecule has 1 unspecified atom stereocenters. The molecule has 0 radical (unpaired) electrons. The summed E-state index contributed by atoms with van der Waals surface area (Å²) in [7, 11) is -1.59. The maximum absolute atomic E-state index is 11.5. The van der Waals surface area contributed by atoms with Gasteiger partial charge in [0.1, 0.15) is 8.07 Å². The fourth-order valence-corrected chi connectivity index (χ4v) is 6.44. The van der Waals surface area contributed by atoms with Crippen molar-refractivity contribution in [1.82, 2.24) is 0 Å². The van der Waals surface area contributed by atoms with Crippen LogP contribution in [0.15, 0.2) is 16.7 Å². The molecule has 148 valence electrons. The summed E-state index contributed by atoms with van der Waals surface area (Å²) >= 11 is 0. The Morgan fingerprint density at radius 3 is 2.30 bits per heavy atom. The van der Waals surface area contributed by atoms with Crippen molar-refractivity contribution in [1.29, 1.82) is 0 Å². The maximum atomic E-state index is 11.5. The summed E-state index contributed by atoms with van der Waals surface area (Å²) in [6, 6.07) is 5.50. The Morgan fingerprint density at radius 1 is 1.07 bits per heavy atom. The molecule has 0 aliphatic rings. The molecule has 3 nitrogen and oxygen atoms in total. The largest absolute Gasteiger partial charge is 0.474 e. The highest BCUT2D eigenvalue weighted by molar-refractivity contribution is 6.90. The van der Waals surface area contributed by atoms with Gasteiger partial charge in [0.15, 0.2) is 6.10 Å². The first-order valence-electron chi connectivity index (χ1n) is 10.2. The third-order valence-electron chi connectivity index (χ3n) is 5.15. The summed E-state index contributed by atoms with van der Waals surface area (Å²) in [5.41, 5.74) is 0.842. The quantitative estimate of drug-likeness (QED) is 0.241. The van der Waals surface area contributed by atoms with Gasteiger partial charge in [-0.1, -0.05) is 64.1 Å². The number of hydrogen-bond acceptors (Lipinski definition) is 3. The number of carbonyl (C=O) groups excluding carboxylic acids is 1. The SMILES string of the molecule is CCCCC#CCCC#CC(OC(C)=O)c1coc([Si](CC)(CC)CC)c1. The van der Waals surface area contributed by atoms with Crippen LogP contribution in [0.1, 0.15) is 78.4 Å². The van der Waals surface area contributed by atoms with Crippen molar-refractivity contribution in [3.63, 3.8) is 0 Å². The van der Waals surface area contributed by atoms with Crippen molar-refractivity contribution in [3.05, 3.63) is 17.9 Å². The van der Waals surface area contributed by atoms with Gasteiger partial charge < -0.3 is 9.15 Å². The third kappa shape index (κ3) is 7.31. The predicted octanol–water partition coefficient (Wildman–Crippen LogP) is 5.58. The molecule has 0 aliphatic carbocycles. The van der Waals surface area contributed by atoms with E-state index in [1.54, 1.807) is 6.26 Å². The molecule has 0 fully saturated rings. The van der Waals surface area contributed by atoms with Crippen LogP contribution in [0.3, 0.4) is 0 Å². The van der Waals surface area contributed by atoms with E-state index < -0.39 is 14.2 Å². The number of furan rings is 1. The van der Waals surface area contributed by atoms with Crippen molar-refractivity contribution in [2.24, 2.45) is 0 Å². The number of esters is 1. The topological polar surface area (TPSA) is 39.4 Å². The molecular formula is C23H34O3Si. The molecule has 1 aromatic heterocycles. The molecule has 0 amide bonds. The van der Waals surface area contributed by atoms with E-state index in [9.17, 15) is 4.79 Å². The Balaban J connectivity index is 2.85. The van der Waals surface area contributed by atoms with E-state index in [2.05, 4.69) is 57.4 Å². The van der Waals surface area contributed by atoms with Gasteiger partial charge in [0.05, 0.1) is 11.6 Å². The number of rotatable bonds is 9. The lowest BCUT2D eigenvalue weighted by Gasteiger charge is -2.24. The lowest BCUT2D eigenvalue weighted by molar-refractivity contribution is -0.144. The van der Waals surface area contributed by atoms with Crippen LogP contribution in [0.5, 0.6) is 0 Å². The number of carbonyl (C=O) groups is 1. The predicted molar refractivity (Wildman–Crippen MR) is 114 cm³/mol. The molecule has 27 heavy (non-hydrogen) atoms. The molecular weight excluding hydrogens is 352 g/mol.